The first-order valence-corrected chi connectivity index (χ1v) is 42.5. The number of aliphatic hydroxyl groups is 1. The Bertz CT molecular complexity index is 2270. The van der Waals surface area contributed by atoms with Gasteiger partial charge in [0.1, 0.15) is 19.3 Å². The Morgan fingerprint density at radius 1 is 0.290 bits per heavy atom. The summed E-state index contributed by atoms with van der Waals surface area (Å²) in [6.07, 6.45) is 76.8. The maximum Gasteiger partial charge on any atom is 0.472 e. The molecule has 0 fully saturated rings. The number of phosphoric ester groups is 2. The van der Waals surface area contributed by atoms with Gasteiger partial charge in [0.25, 0.3) is 0 Å². The Labute approximate surface area is 607 Å². The van der Waals surface area contributed by atoms with Crippen LogP contribution < -0.4 is 0 Å². The van der Waals surface area contributed by atoms with Gasteiger partial charge < -0.3 is 33.8 Å². The van der Waals surface area contributed by atoms with E-state index in [0.717, 1.165) is 180 Å². The van der Waals surface area contributed by atoms with E-state index in [-0.39, 0.29) is 25.7 Å². The van der Waals surface area contributed by atoms with E-state index < -0.39 is 97.5 Å². The molecule has 100 heavy (non-hydrogen) atoms. The summed E-state index contributed by atoms with van der Waals surface area (Å²) >= 11 is 0. The number of aliphatic hydroxyl groups excluding tert-OH is 1. The van der Waals surface area contributed by atoms with Crippen LogP contribution in [0.15, 0.2) is 97.2 Å². The van der Waals surface area contributed by atoms with Crippen molar-refractivity contribution in [2.45, 2.75) is 354 Å². The SMILES string of the molecule is CC/C=C\C/C=C\C/C=C\C/C=C\CCCCCCC(=O)OCC(COP(=O)(O)OCC(O)COP(=O)(O)OCC(COC(=O)CCCCCCCCC/C=C\C/C=C\C/C=C\CC)OC(=O)CCCCCCC/C=C\CCCC)OC(=O)CCCCCCCCCCCCCCCCC. The number of hydrogen-bond donors (Lipinski definition) is 3. The number of hydrogen-bond acceptors (Lipinski definition) is 15. The van der Waals surface area contributed by atoms with Gasteiger partial charge in [-0.2, -0.15) is 0 Å². The van der Waals surface area contributed by atoms with Gasteiger partial charge >= 0.3 is 39.5 Å². The van der Waals surface area contributed by atoms with Crippen LogP contribution >= 0.6 is 15.6 Å². The lowest BCUT2D eigenvalue weighted by molar-refractivity contribution is -0.161. The third kappa shape index (κ3) is 72.3. The Kier molecular flexibility index (Phi) is 70.4. The zero-order valence-electron chi connectivity index (χ0n) is 63.1. The van der Waals surface area contributed by atoms with Crippen LogP contribution in [0.4, 0.5) is 0 Å². The molecule has 0 aliphatic carbocycles. The van der Waals surface area contributed by atoms with Gasteiger partial charge in [-0.1, -0.05) is 292 Å². The first-order chi connectivity index (χ1) is 48.7. The fraction of sp³-hybridized carbons (Fsp3) is 0.753. The number of esters is 4. The highest BCUT2D eigenvalue weighted by molar-refractivity contribution is 7.47. The molecule has 0 heterocycles. The second kappa shape index (κ2) is 73.3. The maximum absolute atomic E-state index is 13.1. The molecule has 19 heteroatoms. The van der Waals surface area contributed by atoms with Crippen LogP contribution in [0.1, 0.15) is 336 Å². The lowest BCUT2D eigenvalue weighted by Gasteiger charge is -2.21. The molecule has 5 atom stereocenters. The van der Waals surface area contributed by atoms with Crippen molar-refractivity contribution in [1.29, 1.82) is 0 Å². The topological polar surface area (TPSA) is 237 Å². The predicted octanol–water partition coefficient (Wildman–Crippen LogP) is 22.8. The normalized spacial score (nSPS) is 14.4. The van der Waals surface area contributed by atoms with Crippen LogP contribution in [0.25, 0.3) is 0 Å². The molecule has 0 aliphatic rings. The lowest BCUT2D eigenvalue weighted by Crippen LogP contribution is -2.30. The van der Waals surface area contributed by atoms with Gasteiger partial charge in [0.15, 0.2) is 12.2 Å². The summed E-state index contributed by atoms with van der Waals surface area (Å²) in [6, 6.07) is 0. The molecule has 5 unspecified atom stereocenters. The van der Waals surface area contributed by atoms with Gasteiger partial charge in [-0.25, -0.2) is 9.13 Å². The summed E-state index contributed by atoms with van der Waals surface area (Å²) < 4.78 is 68.5. The summed E-state index contributed by atoms with van der Waals surface area (Å²) in [4.78, 5) is 72.9. The molecule has 0 rings (SSSR count). The number of phosphoric acid groups is 2. The summed E-state index contributed by atoms with van der Waals surface area (Å²) in [7, 11) is -9.95. The number of rotatable bonds is 74. The van der Waals surface area contributed by atoms with Crippen molar-refractivity contribution >= 4 is 39.5 Å². The van der Waals surface area contributed by atoms with E-state index in [1.54, 1.807) is 0 Å². The van der Waals surface area contributed by atoms with Crippen molar-refractivity contribution < 1.29 is 80.2 Å². The molecule has 0 bridgehead atoms. The average molecular weight is 1450 g/mol. The standard InChI is InChI=1S/C81H142O17P2/c1-5-9-13-17-21-25-29-32-35-37-40-42-46-49-53-57-61-65-78(83)91-71-76(97-80(85)67-63-59-55-51-45-28-24-20-16-12-8-4)73-95-99(87,88)93-69-75(82)70-94-100(89,90)96-74-77(98-81(86)68-64-60-56-52-48-44-39-34-31-27-23-19-15-11-7-3)72-92-79(84)66-62-58-54-50-47-43-41-38-36-33-30-26-22-18-14-10-6-2/h9-10,13-14,20-22,24-26,32-33,35-36,41,43,75-77,82H,5-8,11-12,15-19,23,27-31,34,37-40,42,44-74H2,1-4H3,(H,87,88)(H,89,90)/b13-9-,14-10-,24-20-,25-21-,26-22-,35-32-,36-33-,43-41-. The lowest BCUT2D eigenvalue weighted by atomic mass is 10.0. The molecular formula is C81H142O17P2. The number of carbonyl (C=O) groups excluding carboxylic acids is 4. The van der Waals surface area contributed by atoms with Gasteiger partial charge in [-0.3, -0.25) is 37.3 Å². The smallest absolute Gasteiger partial charge is 0.462 e. The number of ether oxygens (including phenoxy) is 4. The summed E-state index contributed by atoms with van der Waals surface area (Å²) in [5, 5.41) is 10.6. The molecule has 0 spiro atoms. The van der Waals surface area contributed by atoms with Gasteiger partial charge in [-0.15, -0.1) is 0 Å². The Hall–Kier alpha value is -4.02. The minimum atomic E-state index is -4.98. The van der Waals surface area contributed by atoms with Crippen molar-refractivity contribution in [2.75, 3.05) is 39.6 Å². The summed E-state index contributed by atoms with van der Waals surface area (Å²) in [5.41, 5.74) is 0. The third-order valence-electron chi connectivity index (χ3n) is 16.5. The monoisotopic (exact) mass is 1450 g/mol. The van der Waals surface area contributed by atoms with Crippen LogP contribution in [0, 0.1) is 0 Å². The van der Waals surface area contributed by atoms with Crippen LogP contribution in [-0.4, -0.2) is 96.7 Å². The van der Waals surface area contributed by atoms with E-state index in [9.17, 15) is 43.2 Å². The fourth-order valence-corrected chi connectivity index (χ4v) is 12.1. The molecular weight excluding hydrogens is 1310 g/mol. The third-order valence-corrected chi connectivity index (χ3v) is 18.4. The van der Waals surface area contributed by atoms with Gasteiger partial charge in [0.2, 0.25) is 0 Å². The summed E-state index contributed by atoms with van der Waals surface area (Å²) in [5.74, 6) is -2.20. The molecule has 0 aliphatic heterocycles. The fourth-order valence-electron chi connectivity index (χ4n) is 10.6. The van der Waals surface area contributed by atoms with Crippen LogP contribution in [0.2, 0.25) is 0 Å². The second-order valence-corrected chi connectivity index (χ2v) is 29.2. The van der Waals surface area contributed by atoms with Gasteiger partial charge in [0, 0.05) is 25.7 Å². The van der Waals surface area contributed by atoms with E-state index in [0.29, 0.717) is 25.7 Å². The van der Waals surface area contributed by atoms with Crippen LogP contribution in [0.3, 0.4) is 0 Å². The summed E-state index contributed by atoms with van der Waals surface area (Å²) in [6.45, 7) is 4.61. The zero-order chi connectivity index (χ0) is 73.2. The molecule has 0 aromatic rings. The van der Waals surface area contributed by atoms with Gasteiger partial charge in [0.05, 0.1) is 26.4 Å². The largest absolute Gasteiger partial charge is 0.472 e. The Morgan fingerprint density at radius 3 is 0.840 bits per heavy atom. The minimum absolute atomic E-state index is 0.0825. The maximum atomic E-state index is 13.1. The first-order valence-electron chi connectivity index (χ1n) is 39.5. The molecule has 0 amide bonds. The highest BCUT2D eigenvalue weighted by Crippen LogP contribution is 2.45. The molecule has 0 radical (unpaired) electrons. The number of unbranched alkanes of at least 4 members (excludes halogenated alkanes) is 32. The quantitative estimate of drug-likeness (QED) is 0.0169. The molecule has 0 saturated heterocycles. The second-order valence-electron chi connectivity index (χ2n) is 26.2. The molecule has 578 valence electrons. The Balaban J connectivity index is 5.33. The van der Waals surface area contributed by atoms with Crippen molar-refractivity contribution in [3.63, 3.8) is 0 Å². The molecule has 3 N–H and O–H groups in total. The van der Waals surface area contributed by atoms with Crippen molar-refractivity contribution in [2.24, 2.45) is 0 Å². The molecule has 0 aromatic carbocycles. The Morgan fingerprint density at radius 2 is 0.530 bits per heavy atom. The zero-order valence-corrected chi connectivity index (χ0v) is 64.9. The van der Waals surface area contributed by atoms with Crippen molar-refractivity contribution in [3.8, 4) is 0 Å². The first kappa shape index (κ1) is 96.0. The predicted molar refractivity (Wildman–Crippen MR) is 409 cm³/mol. The van der Waals surface area contributed by atoms with E-state index >= 15 is 0 Å². The van der Waals surface area contributed by atoms with Crippen molar-refractivity contribution in [1.82, 2.24) is 0 Å². The number of allylic oxidation sites excluding steroid dienone is 16. The molecule has 0 saturated carbocycles. The number of carbonyl (C=O) groups is 4. The highest BCUT2D eigenvalue weighted by atomic mass is 31.2. The van der Waals surface area contributed by atoms with Crippen molar-refractivity contribution in [3.05, 3.63) is 97.2 Å². The minimum Gasteiger partial charge on any atom is -0.462 e. The van der Waals surface area contributed by atoms with E-state index in [1.807, 2.05) is 0 Å². The van der Waals surface area contributed by atoms with E-state index in [1.165, 1.54) is 77.0 Å². The average Bonchev–Trinajstić information content (AvgIpc) is 1.02. The molecule has 17 nitrogen and oxygen atoms in total. The van der Waals surface area contributed by atoms with E-state index in [2.05, 4.69) is 125 Å². The van der Waals surface area contributed by atoms with Gasteiger partial charge in [-0.05, 0) is 116 Å². The van der Waals surface area contributed by atoms with Crippen LogP contribution in [0.5, 0.6) is 0 Å². The van der Waals surface area contributed by atoms with E-state index in [4.69, 9.17) is 37.0 Å². The van der Waals surface area contributed by atoms with Crippen LogP contribution in [-0.2, 0) is 65.4 Å². The highest BCUT2D eigenvalue weighted by Gasteiger charge is 2.30. The molecule has 0 aromatic heterocycles.